The molecule has 0 saturated heterocycles. The Balaban J connectivity index is 2.98. The van der Waals surface area contributed by atoms with Crippen molar-refractivity contribution in [2.75, 3.05) is 6.54 Å². The van der Waals surface area contributed by atoms with Crippen molar-refractivity contribution in [3.05, 3.63) is 47.6 Å². The summed E-state index contributed by atoms with van der Waals surface area (Å²) in [6, 6.07) is 0.316. The van der Waals surface area contributed by atoms with Crippen LogP contribution in [0.15, 0.2) is 18.7 Å². The number of hydrogen-bond acceptors (Lipinski definition) is 1. The van der Waals surface area contributed by atoms with Gasteiger partial charge < -0.3 is 5.32 Å². The van der Waals surface area contributed by atoms with Crippen LogP contribution in [0, 0.1) is 23.3 Å². The van der Waals surface area contributed by atoms with Crippen molar-refractivity contribution >= 4 is 5.91 Å². The van der Waals surface area contributed by atoms with Crippen LogP contribution in [0.5, 0.6) is 0 Å². The van der Waals surface area contributed by atoms with E-state index >= 15 is 0 Å². The Morgan fingerprint density at radius 3 is 2.47 bits per heavy atom. The minimum Gasteiger partial charge on any atom is -0.352 e. The van der Waals surface area contributed by atoms with E-state index in [-0.39, 0.29) is 6.54 Å². The molecule has 0 aliphatic heterocycles. The first-order valence-corrected chi connectivity index (χ1v) is 4.71. The Morgan fingerprint density at radius 1 is 1.24 bits per heavy atom. The van der Waals surface area contributed by atoms with Gasteiger partial charge in [0.2, 0.25) is 0 Å². The van der Waals surface area contributed by atoms with Gasteiger partial charge in [-0.15, -0.1) is 6.58 Å². The smallest absolute Gasteiger partial charge is 0.254 e. The highest BCUT2D eigenvalue weighted by Gasteiger charge is 2.22. The fourth-order valence-electron chi connectivity index (χ4n) is 1.12. The number of carbonyl (C=O) groups is 1. The lowest BCUT2D eigenvalue weighted by molar-refractivity contribution is 0.0948. The number of nitrogens with one attached hydrogen (secondary N) is 1. The second-order valence-corrected chi connectivity index (χ2v) is 3.18. The molecule has 17 heavy (non-hydrogen) atoms. The predicted octanol–water partition coefficient (Wildman–Crippen LogP) is 2.55. The molecule has 2 nitrogen and oxygen atoms in total. The lowest BCUT2D eigenvalue weighted by Gasteiger charge is -2.06. The van der Waals surface area contributed by atoms with Crippen LogP contribution in [0.4, 0.5) is 17.6 Å². The van der Waals surface area contributed by atoms with Crippen LogP contribution >= 0.6 is 0 Å². The standard InChI is InChI=1S/C11H9F4NO/c1-2-3-4-16-11(17)6-5-7(12)9(14)10(15)8(6)13/h2,5H,1,3-4H2,(H,16,17). The van der Waals surface area contributed by atoms with E-state index in [0.29, 0.717) is 12.5 Å². The summed E-state index contributed by atoms with van der Waals surface area (Å²) < 4.78 is 51.4. The molecule has 1 rings (SSSR count). The van der Waals surface area contributed by atoms with Crippen LogP contribution in [-0.4, -0.2) is 12.5 Å². The molecule has 0 heterocycles. The first-order chi connectivity index (χ1) is 7.99. The van der Waals surface area contributed by atoms with Crippen molar-refractivity contribution in [3.63, 3.8) is 0 Å². The molecule has 6 heteroatoms. The molecule has 0 fully saturated rings. The maximum Gasteiger partial charge on any atom is 0.254 e. The van der Waals surface area contributed by atoms with Gasteiger partial charge in [-0.25, -0.2) is 17.6 Å². The summed E-state index contributed by atoms with van der Waals surface area (Å²) in [7, 11) is 0. The molecule has 92 valence electrons. The first kappa shape index (κ1) is 13.2. The van der Waals surface area contributed by atoms with Crippen molar-refractivity contribution < 1.29 is 22.4 Å². The Morgan fingerprint density at radius 2 is 1.88 bits per heavy atom. The molecular weight excluding hydrogens is 238 g/mol. The fraction of sp³-hybridized carbons (Fsp3) is 0.182. The number of benzene rings is 1. The molecule has 0 bridgehead atoms. The SMILES string of the molecule is C=CCCNC(=O)c1cc(F)c(F)c(F)c1F. The number of halogens is 4. The largest absolute Gasteiger partial charge is 0.352 e. The van der Waals surface area contributed by atoms with Crippen LogP contribution in [-0.2, 0) is 0 Å². The topological polar surface area (TPSA) is 29.1 Å². The van der Waals surface area contributed by atoms with E-state index in [9.17, 15) is 22.4 Å². The number of rotatable bonds is 4. The summed E-state index contributed by atoms with van der Waals surface area (Å²) in [5, 5.41) is 2.21. The highest BCUT2D eigenvalue weighted by molar-refractivity contribution is 5.94. The third-order valence-corrected chi connectivity index (χ3v) is 1.98. The summed E-state index contributed by atoms with van der Waals surface area (Å²) in [4.78, 5) is 11.3. The number of carbonyl (C=O) groups excluding carboxylic acids is 1. The Bertz CT molecular complexity index is 459. The maximum absolute atomic E-state index is 13.1. The molecule has 1 amide bonds. The molecule has 1 aromatic carbocycles. The second-order valence-electron chi connectivity index (χ2n) is 3.18. The average molecular weight is 247 g/mol. The van der Waals surface area contributed by atoms with E-state index in [2.05, 4.69) is 11.9 Å². The Hall–Kier alpha value is -1.85. The van der Waals surface area contributed by atoms with E-state index in [1.54, 1.807) is 0 Å². The molecular formula is C11H9F4NO. The van der Waals surface area contributed by atoms with Crippen molar-refractivity contribution in [2.24, 2.45) is 0 Å². The lowest BCUT2D eigenvalue weighted by Crippen LogP contribution is -2.26. The van der Waals surface area contributed by atoms with E-state index in [0.717, 1.165) is 0 Å². The predicted molar refractivity (Wildman–Crippen MR) is 53.4 cm³/mol. The summed E-state index contributed by atoms with van der Waals surface area (Å²) in [5.41, 5.74) is -0.870. The minimum absolute atomic E-state index is 0.141. The Kier molecular flexibility index (Phi) is 4.25. The highest BCUT2D eigenvalue weighted by atomic mass is 19.2. The third kappa shape index (κ3) is 2.83. The van der Waals surface area contributed by atoms with Gasteiger partial charge in [-0.1, -0.05) is 6.08 Å². The second kappa shape index (κ2) is 5.47. The molecule has 0 unspecified atom stereocenters. The summed E-state index contributed by atoms with van der Waals surface area (Å²) in [6.07, 6.45) is 1.92. The summed E-state index contributed by atoms with van der Waals surface area (Å²) >= 11 is 0. The molecule has 1 N–H and O–H groups in total. The van der Waals surface area contributed by atoms with Crippen molar-refractivity contribution in [1.29, 1.82) is 0 Å². The molecule has 0 aliphatic rings. The maximum atomic E-state index is 13.1. The molecule has 0 atom stereocenters. The van der Waals surface area contributed by atoms with Gasteiger partial charge in [-0.2, -0.15) is 0 Å². The van der Waals surface area contributed by atoms with Gasteiger partial charge in [0.15, 0.2) is 23.3 Å². The molecule has 0 saturated carbocycles. The monoisotopic (exact) mass is 247 g/mol. The van der Waals surface area contributed by atoms with Gasteiger partial charge in [0.1, 0.15) is 0 Å². The summed E-state index contributed by atoms with van der Waals surface area (Å²) in [5.74, 6) is -8.27. The van der Waals surface area contributed by atoms with Crippen molar-refractivity contribution in [3.8, 4) is 0 Å². The third-order valence-electron chi connectivity index (χ3n) is 1.98. The van der Waals surface area contributed by atoms with E-state index < -0.39 is 34.7 Å². The zero-order valence-electron chi connectivity index (χ0n) is 8.70. The van der Waals surface area contributed by atoms with Crippen LogP contribution in [0.3, 0.4) is 0 Å². The lowest BCUT2D eigenvalue weighted by atomic mass is 10.1. The van der Waals surface area contributed by atoms with Gasteiger partial charge in [0, 0.05) is 6.54 Å². The van der Waals surface area contributed by atoms with Crippen LogP contribution < -0.4 is 5.32 Å². The quantitative estimate of drug-likeness (QED) is 0.286. The zero-order chi connectivity index (χ0) is 13.0. The normalized spacial score (nSPS) is 10.1. The average Bonchev–Trinajstić information content (AvgIpc) is 2.31. The fourth-order valence-corrected chi connectivity index (χ4v) is 1.12. The van der Waals surface area contributed by atoms with E-state index in [4.69, 9.17) is 0 Å². The number of hydrogen-bond donors (Lipinski definition) is 1. The Labute approximate surface area is 94.9 Å². The number of amides is 1. The minimum atomic E-state index is -2.00. The van der Waals surface area contributed by atoms with Crippen LogP contribution in [0.2, 0.25) is 0 Å². The van der Waals surface area contributed by atoms with Gasteiger partial charge in [-0.05, 0) is 12.5 Å². The highest BCUT2D eigenvalue weighted by Crippen LogP contribution is 2.18. The van der Waals surface area contributed by atoms with E-state index in [1.807, 2.05) is 0 Å². The zero-order valence-corrected chi connectivity index (χ0v) is 8.70. The van der Waals surface area contributed by atoms with Gasteiger partial charge >= 0.3 is 0 Å². The molecule has 0 radical (unpaired) electrons. The van der Waals surface area contributed by atoms with Gasteiger partial charge in [0.25, 0.3) is 5.91 Å². The molecule has 1 aromatic rings. The van der Waals surface area contributed by atoms with E-state index in [1.165, 1.54) is 6.08 Å². The molecule has 0 aliphatic carbocycles. The van der Waals surface area contributed by atoms with Crippen molar-refractivity contribution in [1.82, 2.24) is 5.32 Å². The van der Waals surface area contributed by atoms with Crippen molar-refractivity contribution in [2.45, 2.75) is 6.42 Å². The summed E-state index contributed by atoms with van der Waals surface area (Å²) in [6.45, 7) is 3.53. The van der Waals surface area contributed by atoms with Crippen LogP contribution in [0.1, 0.15) is 16.8 Å². The van der Waals surface area contributed by atoms with Gasteiger partial charge in [-0.3, -0.25) is 4.79 Å². The first-order valence-electron chi connectivity index (χ1n) is 4.71. The molecule has 0 spiro atoms. The van der Waals surface area contributed by atoms with Gasteiger partial charge in [0.05, 0.1) is 5.56 Å². The van der Waals surface area contributed by atoms with Crippen LogP contribution in [0.25, 0.3) is 0 Å². The molecule has 0 aromatic heterocycles.